The maximum atomic E-state index is 13.6. The number of carbonyl (C=O) groups excluding carboxylic acids is 1. The van der Waals surface area contributed by atoms with Crippen LogP contribution in [0.3, 0.4) is 0 Å². The van der Waals surface area contributed by atoms with E-state index in [1.165, 1.54) is 12.0 Å². The lowest BCUT2D eigenvalue weighted by molar-refractivity contribution is 0.0637. The number of fused-ring (bicyclic) bond motifs is 1. The molecule has 0 N–H and O–H groups in total. The molecule has 2 fully saturated rings. The molecule has 0 radical (unpaired) electrons. The number of piperidine rings is 1. The van der Waals surface area contributed by atoms with Crippen LogP contribution in [0.25, 0.3) is 11.0 Å². The van der Waals surface area contributed by atoms with Crippen molar-refractivity contribution in [3.63, 3.8) is 0 Å². The number of likely N-dealkylation sites (tertiary alicyclic amines) is 1. The number of aryl methyl sites for hydroxylation is 1. The molecule has 0 unspecified atom stereocenters. The van der Waals surface area contributed by atoms with Gasteiger partial charge in [0.2, 0.25) is 0 Å². The Bertz CT molecular complexity index is 1050. The number of carbonyl (C=O) groups is 1. The van der Waals surface area contributed by atoms with Crippen molar-refractivity contribution in [3.8, 4) is 0 Å². The SMILES string of the molecule is Cc1nn(Cc2ccccc2)c2nc(C3CC3)cc(C(=O)N3CCCC[C@H]3C)c12. The summed E-state index contributed by atoms with van der Waals surface area (Å²) in [6, 6.07) is 12.7. The van der Waals surface area contributed by atoms with Crippen molar-refractivity contribution in [1.29, 1.82) is 0 Å². The number of amides is 1. The minimum atomic E-state index is 0.147. The van der Waals surface area contributed by atoms with Gasteiger partial charge in [-0.1, -0.05) is 30.3 Å². The zero-order valence-electron chi connectivity index (χ0n) is 17.3. The van der Waals surface area contributed by atoms with E-state index in [9.17, 15) is 4.79 Å². The Hall–Kier alpha value is -2.69. The Morgan fingerprint density at radius 1 is 1.14 bits per heavy atom. The van der Waals surface area contributed by atoms with Gasteiger partial charge in [0.15, 0.2) is 5.65 Å². The third kappa shape index (κ3) is 3.43. The van der Waals surface area contributed by atoms with Crippen LogP contribution in [0.1, 0.15) is 72.3 Å². The van der Waals surface area contributed by atoms with Crippen LogP contribution in [0, 0.1) is 6.92 Å². The molecule has 3 aromatic rings. The summed E-state index contributed by atoms with van der Waals surface area (Å²) in [5.74, 6) is 0.638. The summed E-state index contributed by atoms with van der Waals surface area (Å²) in [5.41, 5.74) is 4.78. The van der Waals surface area contributed by atoms with Gasteiger partial charge >= 0.3 is 0 Å². The molecule has 5 heteroatoms. The average molecular weight is 389 g/mol. The van der Waals surface area contributed by atoms with Crippen LogP contribution in [0.2, 0.25) is 0 Å². The molecule has 150 valence electrons. The standard InChI is InChI=1S/C24H28N4O/c1-16-8-6-7-13-27(16)24(29)20-14-21(19-11-12-19)25-23-22(20)17(2)26-28(23)15-18-9-4-3-5-10-18/h3-5,9-10,14,16,19H,6-8,11-13,15H2,1-2H3/t16-/m1/s1. The lowest BCUT2D eigenvalue weighted by Gasteiger charge is -2.33. The van der Waals surface area contributed by atoms with E-state index in [0.29, 0.717) is 18.5 Å². The zero-order valence-corrected chi connectivity index (χ0v) is 17.3. The first-order chi connectivity index (χ1) is 14.1. The number of pyridine rings is 1. The van der Waals surface area contributed by atoms with Gasteiger partial charge in [0.1, 0.15) is 0 Å². The summed E-state index contributed by atoms with van der Waals surface area (Å²) in [6.07, 6.45) is 5.71. The lowest BCUT2D eigenvalue weighted by atomic mass is 10.0. The highest BCUT2D eigenvalue weighted by molar-refractivity contribution is 6.06. The molecule has 5 rings (SSSR count). The second-order valence-corrected chi connectivity index (χ2v) is 8.64. The first-order valence-electron chi connectivity index (χ1n) is 10.8. The molecule has 2 aromatic heterocycles. The van der Waals surface area contributed by atoms with Gasteiger partial charge in [0, 0.05) is 24.2 Å². The summed E-state index contributed by atoms with van der Waals surface area (Å²) >= 11 is 0. The predicted octanol–water partition coefficient (Wildman–Crippen LogP) is 4.68. The molecule has 1 aliphatic carbocycles. The molecule has 0 bridgehead atoms. The van der Waals surface area contributed by atoms with Gasteiger partial charge in [0.05, 0.1) is 23.2 Å². The molecular formula is C24H28N4O. The van der Waals surface area contributed by atoms with Crippen LogP contribution in [-0.4, -0.2) is 38.2 Å². The molecule has 1 aromatic carbocycles. The topological polar surface area (TPSA) is 51.0 Å². The highest BCUT2D eigenvalue weighted by Crippen LogP contribution is 2.41. The predicted molar refractivity (Wildman–Crippen MR) is 114 cm³/mol. The fourth-order valence-electron chi connectivity index (χ4n) is 4.55. The van der Waals surface area contributed by atoms with Gasteiger partial charge in [-0.25, -0.2) is 9.67 Å². The molecule has 29 heavy (non-hydrogen) atoms. The van der Waals surface area contributed by atoms with Crippen LogP contribution in [0.15, 0.2) is 36.4 Å². The number of benzene rings is 1. The highest BCUT2D eigenvalue weighted by atomic mass is 16.2. The summed E-state index contributed by atoms with van der Waals surface area (Å²) in [4.78, 5) is 20.6. The third-order valence-corrected chi connectivity index (χ3v) is 6.36. The molecule has 1 saturated carbocycles. The van der Waals surface area contributed by atoms with Crippen LogP contribution < -0.4 is 0 Å². The van der Waals surface area contributed by atoms with Gasteiger partial charge < -0.3 is 4.90 Å². The van der Waals surface area contributed by atoms with E-state index < -0.39 is 0 Å². The highest BCUT2D eigenvalue weighted by Gasteiger charge is 2.31. The Balaban J connectivity index is 1.62. The molecular weight excluding hydrogens is 360 g/mol. The molecule has 3 heterocycles. The van der Waals surface area contributed by atoms with Crippen LogP contribution >= 0.6 is 0 Å². The maximum absolute atomic E-state index is 13.6. The second kappa shape index (κ2) is 7.29. The average Bonchev–Trinajstić information content (AvgIpc) is 3.54. The van der Waals surface area contributed by atoms with E-state index >= 15 is 0 Å². The zero-order chi connectivity index (χ0) is 20.0. The largest absolute Gasteiger partial charge is 0.336 e. The molecule has 2 aliphatic rings. The molecule has 5 nitrogen and oxygen atoms in total. The van der Waals surface area contributed by atoms with Gasteiger partial charge in [-0.3, -0.25) is 4.79 Å². The van der Waals surface area contributed by atoms with E-state index in [0.717, 1.165) is 60.2 Å². The molecule has 1 aliphatic heterocycles. The summed E-state index contributed by atoms with van der Waals surface area (Å²) in [5, 5.41) is 5.72. The van der Waals surface area contributed by atoms with Gasteiger partial charge in [0.25, 0.3) is 5.91 Å². The van der Waals surface area contributed by atoms with Crippen molar-refractivity contribution in [2.75, 3.05) is 6.54 Å². The monoisotopic (exact) mass is 388 g/mol. The maximum Gasteiger partial charge on any atom is 0.254 e. The molecule has 1 saturated heterocycles. The first-order valence-corrected chi connectivity index (χ1v) is 10.8. The smallest absolute Gasteiger partial charge is 0.254 e. The van der Waals surface area contributed by atoms with Crippen molar-refractivity contribution < 1.29 is 4.79 Å². The van der Waals surface area contributed by atoms with E-state index in [4.69, 9.17) is 10.1 Å². The number of nitrogens with zero attached hydrogens (tertiary/aromatic N) is 4. The van der Waals surface area contributed by atoms with Crippen LogP contribution in [0.5, 0.6) is 0 Å². The molecule has 1 atom stereocenters. The number of hydrogen-bond donors (Lipinski definition) is 0. The molecule has 0 spiro atoms. The van der Waals surface area contributed by atoms with E-state index in [2.05, 4.69) is 30.0 Å². The Morgan fingerprint density at radius 3 is 2.66 bits per heavy atom. The van der Waals surface area contributed by atoms with Crippen molar-refractivity contribution in [3.05, 3.63) is 58.9 Å². The summed E-state index contributed by atoms with van der Waals surface area (Å²) in [7, 11) is 0. The number of aromatic nitrogens is 3. The lowest BCUT2D eigenvalue weighted by Crippen LogP contribution is -2.42. The fraction of sp³-hybridized carbons (Fsp3) is 0.458. The van der Waals surface area contributed by atoms with Crippen molar-refractivity contribution in [2.45, 2.75) is 64.5 Å². The van der Waals surface area contributed by atoms with Gasteiger partial charge in [-0.2, -0.15) is 5.10 Å². The first kappa shape index (κ1) is 18.3. The normalized spacial score (nSPS) is 19.7. The molecule has 1 amide bonds. The van der Waals surface area contributed by atoms with Crippen LogP contribution in [-0.2, 0) is 6.54 Å². The van der Waals surface area contributed by atoms with E-state index in [-0.39, 0.29) is 5.91 Å². The second-order valence-electron chi connectivity index (χ2n) is 8.64. The number of rotatable bonds is 4. The quantitative estimate of drug-likeness (QED) is 0.652. The van der Waals surface area contributed by atoms with Crippen molar-refractivity contribution >= 4 is 16.9 Å². The van der Waals surface area contributed by atoms with Crippen LogP contribution in [0.4, 0.5) is 0 Å². The summed E-state index contributed by atoms with van der Waals surface area (Å²) in [6.45, 7) is 5.68. The Morgan fingerprint density at radius 2 is 1.93 bits per heavy atom. The Kier molecular flexibility index (Phi) is 4.61. The fourth-order valence-corrected chi connectivity index (χ4v) is 4.55. The number of hydrogen-bond acceptors (Lipinski definition) is 3. The van der Waals surface area contributed by atoms with Gasteiger partial charge in [-0.15, -0.1) is 0 Å². The summed E-state index contributed by atoms with van der Waals surface area (Å²) < 4.78 is 1.97. The van der Waals surface area contributed by atoms with Gasteiger partial charge in [-0.05, 0) is 57.6 Å². The van der Waals surface area contributed by atoms with E-state index in [1.54, 1.807) is 0 Å². The van der Waals surface area contributed by atoms with Crippen molar-refractivity contribution in [1.82, 2.24) is 19.7 Å². The Labute approximate surface area is 171 Å². The van der Waals surface area contributed by atoms with E-state index in [1.807, 2.05) is 29.8 Å². The van der Waals surface area contributed by atoms with Crippen molar-refractivity contribution in [2.24, 2.45) is 0 Å². The minimum Gasteiger partial charge on any atom is -0.336 e. The minimum absolute atomic E-state index is 0.147. The third-order valence-electron chi connectivity index (χ3n) is 6.36.